The van der Waals surface area contributed by atoms with Crippen LogP contribution in [-0.4, -0.2) is 20.3 Å². The van der Waals surface area contributed by atoms with Gasteiger partial charge in [-0.1, -0.05) is 20.3 Å². The van der Waals surface area contributed by atoms with E-state index < -0.39 is 6.04 Å². The van der Waals surface area contributed by atoms with Crippen molar-refractivity contribution in [3.8, 4) is 0 Å². The van der Waals surface area contributed by atoms with Crippen molar-refractivity contribution in [3.05, 3.63) is 40.0 Å². The first-order valence-electron chi connectivity index (χ1n) is 8.97. The van der Waals surface area contributed by atoms with E-state index >= 15 is 0 Å². The van der Waals surface area contributed by atoms with Gasteiger partial charge in [-0.3, -0.25) is 9.36 Å². The average Bonchev–Trinajstić information content (AvgIpc) is 3.01. The van der Waals surface area contributed by atoms with Gasteiger partial charge >= 0.3 is 5.69 Å². The van der Waals surface area contributed by atoms with E-state index in [4.69, 9.17) is 4.42 Å². The molecule has 0 radical (unpaired) electrons. The van der Waals surface area contributed by atoms with E-state index in [0.717, 1.165) is 30.8 Å². The molecule has 0 bridgehead atoms. The van der Waals surface area contributed by atoms with Gasteiger partial charge in [-0.2, -0.15) is 5.10 Å². The minimum Gasteiger partial charge on any atom is -0.465 e. The molecule has 1 aliphatic rings. The lowest BCUT2D eigenvalue weighted by atomic mass is 10.1. The third kappa shape index (κ3) is 3.86. The maximum Gasteiger partial charge on any atom is 0.346 e. The second-order valence-corrected chi connectivity index (χ2v) is 7.14. The first-order chi connectivity index (χ1) is 12.0. The summed E-state index contributed by atoms with van der Waals surface area (Å²) in [4.78, 5) is 25.5. The van der Waals surface area contributed by atoms with E-state index in [1.165, 1.54) is 4.68 Å². The van der Waals surface area contributed by atoms with Gasteiger partial charge in [0.2, 0.25) is 5.91 Å². The molecule has 3 rings (SSSR count). The van der Waals surface area contributed by atoms with Gasteiger partial charge in [0, 0.05) is 13.0 Å². The van der Waals surface area contributed by atoms with Gasteiger partial charge in [0.25, 0.3) is 0 Å². The fourth-order valence-electron chi connectivity index (χ4n) is 3.28. The molecule has 2 aromatic heterocycles. The molecule has 1 amide bonds. The van der Waals surface area contributed by atoms with Crippen LogP contribution in [0.2, 0.25) is 0 Å². The van der Waals surface area contributed by atoms with Crippen molar-refractivity contribution in [1.29, 1.82) is 0 Å². The summed E-state index contributed by atoms with van der Waals surface area (Å²) in [5, 5.41) is 7.37. The van der Waals surface area contributed by atoms with Crippen LogP contribution in [0.15, 0.2) is 21.3 Å². The van der Waals surface area contributed by atoms with Crippen LogP contribution in [0.3, 0.4) is 0 Å². The summed E-state index contributed by atoms with van der Waals surface area (Å²) in [6.07, 6.45) is 3.25. The Balaban J connectivity index is 1.80. The number of nitrogens with one attached hydrogen (secondary N) is 1. The first kappa shape index (κ1) is 17.5. The quantitative estimate of drug-likeness (QED) is 0.900. The molecule has 7 heteroatoms. The van der Waals surface area contributed by atoms with E-state index in [2.05, 4.69) is 10.4 Å². The molecule has 7 nitrogen and oxygen atoms in total. The molecule has 1 aliphatic heterocycles. The van der Waals surface area contributed by atoms with Gasteiger partial charge < -0.3 is 9.73 Å². The number of carbonyl (C=O) groups is 1. The molecule has 0 aliphatic carbocycles. The van der Waals surface area contributed by atoms with Crippen LogP contribution in [-0.2, 0) is 24.3 Å². The van der Waals surface area contributed by atoms with Crippen LogP contribution in [0.4, 0.5) is 0 Å². The second kappa shape index (κ2) is 7.29. The molecule has 0 spiro atoms. The summed E-state index contributed by atoms with van der Waals surface area (Å²) in [6, 6.07) is 3.22. The summed E-state index contributed by atoms with van der Waals surface area (Å²) >= 11 is 0. The number of furan rings is 1. The van der Waals surface area contributed by atoms with Gasteiger partial charge in [-0.15, -0.1) is 0 Å². The highest BCUT2D eigenvalue weighted by Crippen LogP contribution is 2.22. The van der Waals surface area contributed by atoms with Crippen LogP contribution in [0.5, 0.6) is 0 Å². The van der Waals surface area contributed by atoms with Gasteiger partial charge in [-0.25, -0.2) is 9.48 Å². The predicted molar refractivity (Wildman–Crippen MR) is 93.2 cm³/mol. The molecule has 1 unspecified atom stereocenters. The zero-order valence-electron chi connectivity index (χ0n) is 15.1. The molecule has 0 aromatic carbocycles. The molecule has 1 N–H and O–H groups in total. The zero-order chi connectivity index (χ0) is 18.0. The Bertz CT molecular complexity index is 800. The van der Waals surface area contributed by atoms with E-state index in [9.17, 15) is 9.59 Å². The molecule has 3 heterocycles. The second-order valence-electron chi connectivity index (χ2n) is 7.14. The third-order valence-corrected chi connectivity index (χ3v) is 4.45. The molecule has 0 saturated heterocycles. The molecular formula is C18H26N4O3. The minimum atomic E-state index is -0.498. The Morgan fingerprint density at radius 3 is 2.88 bits per heavy atom. The lowest BCUT2D eigenvalue weighted by Crippen LogP contribution is -2.38. The summed E-state index contributed by atoms with van der Waals surface area (Å²) in [5.41, 5.74) is -0.181. The third-order valence-electron chi connectivity index (χ3n) is 4.45. The van der Waals surface area contributed by atoms with E-state index in [1.54, 1.807) is 4.57 Å². The van der Waals surface area contributed by atoms with Gasteiger partial charge in [0.05, 0.1) is 6.54 Å². The summed E-state index contributed by atoms with van der Waals surface area (Å²) in [6.45, 7) is 6.86. The van der Waals surface area contributed by atoms with Crippen LogP contribution in [0.1, 0.15) is 56.5 Å². The topological polar surface area (TPSA) is 82.1 Å². The Morgan fingerprint density at radius 2 is 2.20 bits per heavy atom. The first-order valence-corrected chi connectivity index (χ1v) is 8.97. The largest absolute Gasteiger partial charge is 0.465 e. The van der Waals surface area contributed by atoms with Crippen molar-refractivity contribution in [2.75, 3.05) is 0 Å². The molecule has 0 saturated carbocycles. The van der Waals surface area contributed by atoms with E-state index in [-0.39, 0.29) is 11.6 Å². The van der Waals surface area contributed by atoms with Gasteiger partial charge in [0.1, 0.15) is 23.4 Å². The van der Waals surface area contributed by atoms with E-state index in [0.29, 0.717) is 31.2 Å². The van der Waals surface area contributed by atoms with Crippen LogP contribution < -0.4 is 11.0 Å². The minimum absolute atomic E-state index is 0.150. The number of nitrogens with zero attached hydrogens (tertiary/aromatic N) is 3. The number of fused-ring (bicyclic) bond motifs is 1. The maximum atomic E-state index is 12.8. The fraction of sp³-hybridized carbons (Fsp3) is 0.611. The SMILES string of the molecule is Cc1ccc(CNC(=O)C2CCCCc3nn(CC(C)C)c(=O)n32)o1. The van der Waals surface area contributed by atoms with Crippen LogP contribution in [0, 0.1) is 12.8 Å². The Kier molecular flexibility index (Phi) is 5.11. The Morgan fingerprint density at radius 1 is 1.40 bits per heavy atom. The zero-order valence-corrected chi connectivity index (χ0v) is 15.1. The van der Waals surface area contributed by atoms with Gasteiger partial charge in [-0.05, 0) is 37.8 Å². The number of hydrogen-bond donors (Lipinski definition) is 1. The highest BCUT2D eigenvalue weighted by Gasteiger charge is 2.29. The van der Waals surface area contributed by atoms with Crippen molar-refractivity contribution in [3.63, 3.8) is 0 Å². The number of amides is 1. The average molecular weight is 346 g/mol. The number of carbonyl (C=O) groups excluding carboxylic acids is 1. The molecule has 25 heavy (non-hydrogen) atoms. The van der Waals surface area contributed by atoms with Crippen molar-refractivity contribution < 1.29 is 9.21 Å². The Labute approximate surface area is 147 Å². The molecule has 136 valence electrons. The maximum absolute atomic E-state index is 12.8. The smallest absolute Gasteiger partial charge is 0.346 e. The van der Waals surface area contributed by atoms with Crippen molar-refractivity contribution in [2.45, 2.75) is 65.6 Å². The molecule has 1 atom stereocenters. The lowest BCUT2D eigenvalue weighted by Gasteiger charge is -2.16. The monoisotopic (exact) mass is 346 g/mol. The molecule has 2 aromatic rings. The summed E-state index contributed by atoms with van der Waals surface area (Å²) < 4.78 is 8.58. The summed E-state index contributed by atoms with van der Waals surface area (Å²) in [7, 11) is 0. The normalized spacial score (nSPS) is 17.4. The lowest BCUT2D eigenvalue weighted by molar-refractivity contribution is -0.124. The number of hydrogen-bond acceptors (Lipinski definition) is 4. The van der Waals surface area contributed by atoms with Crippen molar-refractivity contribution in [2.24, 2.45) is 5.92 Å². The van der Waals surface area contributed by atoms with Crippen molar-refractivity contribution in [1.82, 2.24) is 19.7 Å². The summed E-state index contributed by atoms with van der Waals surface area (Å²) in [5.74, 6) is 2.42. The molecule has 0 fully saturated rings. The van der Waals surface area contributed by atoms with Crippen molar-refractivity contribution >= 4 is 5.91 Å². The number of rotatable bonds is 5. The van der Waals surface area contributed by atoms with Gasteiger partial charge in [0.15, 0.2) is 0 Å². The Hall–Kier alpha value is -2.31. The van der Waals surface area contributed by atoms with Crippen LogP contribution in [0.25, 0.3) is 0 Å². The van der Waals surface area contributed by atoms with E-state index in [1.807, 2.05) is 32.9 Å². The fourth-order valence-corrected chi connectivity index (χ4v) is 3.28. The number of aryl methyl sites for hydroxylation is 2. The number of aromatic nitrogens is 3. The predicted octanol–water partition coefficient (Wildman–Crippen LogP) is 2.19. The molecular weight excluding hydrogens is 320 g/mol. The highest BCUT2D eigenvalue weighted by molar-refractivity contribution is 5.80. The highest BCUT2D eigenvalue weighted by atomic mass is 16.3. The van der Waals surface area contributed by atoms with Crippen LogP contribution >= 0.6 is 0 Å². The standard InChI is InChI=1S/C18H26N4O3/c1-12(2)11-21-18(24)22-15(6-4-5-7-16(22)20-21)17(23)19-10-14-9-8-13(3)25-14/h8-9,12,15H,4-7,10-11H2,1-3H3,(H,19,23).